The molecule has 0 saturated heterocycles. The standard InChI is InChI=1S/C65H47Br/c1-65(2)61-40-49(33-36-53(61)54-38-35-50(66)41-62(54)65)48-34-37-59-60(39-48)64(56-22-12-10-20-52(56)47-31-27-45(28-32-47)43-17-7-4-8-18-43)58-24-14-13-23-57(58)63(59)55-21-11-9-19-51(55)46-29-25-44(26-30-46)42-15-5-3-6-16-42/h3-41,63-64H,1-2H3. The van der Waals surface area contributed by atoms with E-state index in [0.29, 0.717) is 0 Å². The van der Waals surface area contributed by atoms with Crippen molar-refractivity contribution in [2.24, 2.45) is 0 Å². The first-order valence-corrected chi connectivity index (χ1v) is 23.9. The maximum absolute atomic E-state index is 3.77. The van der Waals surface area contributed by atoms with Gasteiger partial charge in [0.2, 0.25) is 0 Å². The van der Waals surface area contributed by atoms with Crippen LogP contribution in [0, 0.1) is 0 Å². The topological polar surface area (TPSA) is 0 Å². The Labute approximate surface area is 397 Å². The van der Waals surface area contributed by atoms with Crippen molar-refractivity contribution in [3.05, 3.63) is 286 Å². The van der Waals surface area contributed by atoms with E-state index >= 15 is 0 Å². The van der Waals surface area contributed by atoms with Gasteiger partial charge < -0.3 is 0 Å². The van der Waals surface area contributed by atoms with Gasteiger partial charge in [-0.25, -0.2) is 0 Å². The van der Waals surface area contributed by atoms with Crippen molar-refractivity contribution in [1.29, 1.82) is 0 Å². The van der Waals surface area contributed by atoms with E-state index in [1.54, 1.807) is 0 Å². The summed E-state index contributed by atoms with van der Waals surface area (Å²) in [5, 5.41) is 0. The second kappa shape index (κ2) is 16.3. The van der Waals surface area contributed by atoms with Gasteiger partial charge in [0.15, 0.2) is 0 Å². The molecule has 0 bridgehead atoms. The van der Waals surface area contributed by atoms with Crippen LogP contribution < -0.4 is 0 Å². The van der Waals surface area contributed by atoms with Gasteiger partial charge in [0, 0.05) is 21.7 Å². The summed E-state index contributed by atoms with van der Waals surface area (Å²) in [7, 11) is 0. The average molecular weight is 908 g/mol. The Morgan fingerprint density at radius 3 is 1.18 bits per heavy atom. The highest BCUT2D eigenvalue weighted by atomic mass is 79.9. The minimum atomic E-state index is -0.122. The van der Waals surface area contributed by atoms with Crippen LogP contribution in [0.5, 0.6) is 0 Å². The average Bonchev–Trinajstić information content (AvgIpc) is 3.60. The minimum absolute atomic E-state index is 0.00203. The van der Waals surface area contributed by atoms with Crippen molar-refractivity contribution in [2.75, 3.05) is 0 Å². The predicted molar refractivity (Wildman–Crippen MR) is 280 cm³/mol. The van der Waals surface area contributed by atoms with Crippen LogP contribution in [0.1, 0.15) is 70.2 Å². The molecule has 0 N–H and O–H groups in total. The zero-order valence-corrected chi connectivity index (χ0v) is 38.6. The molecule has 2 atom stereocenters. The summed E-state index contributed by atoms with van der Waals surface area (Å²) in [6.45, 7) is 4.74. The Morgan fingerprint density at radius 1 is 0.273 bits per heavy atom. The van der Waals surface area contributed by atoms with Crippen LogP contribution in [0.4, 0.5) is 0 Å². The largest absolute Gasteiger partial charge is 0.0622 e. The molecular formula is C65H47Br. The Balaban J connectivity index is 1.04. The second-order valence-corrected chi connectivity index (χ2v) is 19.4. The van der Waals surface area contributed by atoms with E-state index in [1.807, 2.05) is 0 Å². The summed E-state index contributed by atoms with van der Waals surface area (Å²) < 4.78 is 1.12. The molecule has 0 radical (unpaired) electrons. The van der Waals surface area contributed by atoms with E-state index in [2.05, 4.69) is 266 Å². The van der Waals surface area contributed by atoms with Crippen molar-refractivity contribution < 1.29 is 0 Å². The second-order valence-electron chi connectivity index (χ2n) is 18.5. The molecule has 1 heteroatoms. The number of hydrogen-bond acceptors (Lipinski definition) is 0. The maximum atomic E-state index is 3.77. The molecule has 314 valence electrons. The normalized spacial score (nSPS) is 15.3. The van der Waals surface area contributed by atoms with Crippen LogP contribution in [-0.2, 0) is 5.41 Å². The van der Waals surface area contributed by atoms with Gasteiger partial charge in [-0.3, -0.25) is 0 Å². The quantitative estimate of drug-likeness (QED) is 0.149. The van der Waals surface area contributed by atoms with Crippen LogP contribution in [0.15, 0.2) is 241 Å². The lowest BCUT2D eigenvalue weighted by molar-refractivity contribution is 0.660. The molecule has 12 rings (SSSR count). The molecule has 10 aromatic rings. The molecule has 0 fully saturated rings. The molecule has 2 aliphatic rings. The maximum Gasteiger partial charge on any atom is 0.0352 e. The van der Waals surface area contributed by atoms with Crippen LogP contribution in [0.2, 0.25) is 0 Å². The monoisotopic (exact) mass is 906 g/mol. The molecule has 0 saturated carbocycles. The number of halogens is 1. The molecule has 2 unspecified atom stereocenters. The number of benzene rings is 10. The van der Waals surface area contributed by atoms with Gasteiger partial charge in [-0.1, -0.05) is 242 Å². The number of hydrogen-bond donors (Lipinski definition) is 0. The Bertz CT molecular complexity index is 3430. The lowest BCUT2D eigenvalue weighted by Crippen LogP contribution is -2.21. The molecule has 0 amide bonds. The van der Waals surface area contributed by atoms with E-state index in [0.717, 1.165) is 4.47 Å². The van der Waals surface area contributed by atoms with Crippen molar-refractivity contribution >= 4 is 15.9 Å². The summed E-state index contributed by atoms with van der Waals surface area (Å²) in [4.78, 5) is 0. The molecule has 0 heterocycles. The lowest BCUT2D eigenvalue weighted by atomic mass is 9.66. The van der Waals surface area contributed by atoms with Crippen molar-refractivity contribution in [1.82, 2.24) is 0 Å². The first kappa shape index (κ1) is 40.2. The fraction of sp³-hybridized carbons (Fsp3) is 0.0769. The predicted octanol–water partition coefficient (Wildman–Crippen LogP) is 17.8. The zero-order valence-electron chi connectivity index (χ0n) is 37.0. The van der Waals surface area contributed by atoms with Gasteiger partial charge in [0.1, 0.15) is 0 Å². The molecule has 0 aromatic heterocycles. The molecule has 2 aliphatic carbocycles. The van der Waals surface area contributed by atoms with Crippen molar-refractivity contribution in [3.8, 4) is 66.8 Å². The Hall–Kier alpha value is -7.32. The van der Waals surface area contributed by atoms with Gasteiger partial charge in [-0.05, 0) is 136 Å². The summed E-state index contributed by atoms with van der Waals surface area (Å²) in [6.07, 6.45) is 0. The highest BCUT2D eigenvalue weighted by molar-refractivity contribution is 9.10. The van der Waals surface area contributed by atoms with E-state index in [1.165, 1.54) is 111 Å². The smallest absolute Gasteiger partial charge is 0.0352 e. The van der Waals surface area contributed by atoms with Crippen molar-refractivity contribution in [2.45, 2.75) is 31.1 Å². The highest BCUT2D eigenvalue weighted by Gasteiger charge is 2.38. The van der Waals surface area contributed by atoms with Gasteiger partial charge in [0.05, 0.1) is 0 Å². The SMILES string of the molecule is CC1(C)c2cc(Br)ccc2-c2ccc(-c3ccc4c(c3)C(c3ccccc3-c3ccc(-c5ccccc5)cc3)c3ccccc3C4c3ccccc3-c3ccc(-c4ccccc4)cc3)cc21. The molecule has 0 nitrogen and oxygen atoms in total. The Kier molecular flexibility index (Phi) is 9.92. The van der Waals surface area contributed by atoms with Crippen LogP contribution in [-0.4, -0.2) is 0 Å². The van der Waals surface area contributed by atoms with Crippen LogP contribution in [0.3, 0.4) is 0 Å². The summed E-state index contributed by atoms with van der Waals surface area (Å²) >= 11 is 3.77. The molecular weight excluding hydrogens is 861 g/mol. The zero-order chi connectivity index (χ0) is 44.4. The fourth-order valence-electron chi connectivity index (χ4n) is 11.2. The minimum Gasteiger partial charge on any atom is -0.0622 e. The number of fused-ring (bicyclic) bond motifs is 5. The van der Waals surface area contributed by atoms with Gasteiger partial charge in [-0.2, -0.15) is 0 Å². The molecule has 0 spiro atoms. The van der Waals surface area contributed by atoms with E-state index < -0.39 is 0 Å². The highest BCUT2D eigenvalue weighted by Crippen LogP contribution is 2.54. The van der Waals surface area contributed by atoms with Gasteiger partial charge in [-0.15, -0.1) is 0 Å². The fourth-order valence-corrected chi connectivity index (χ4v) is 11.5. The third kappa shape index (κ3) is 6.81. The third-order valence-electron chi connectivity index (χ3n) is 14.4. The third-order valence-corrected chi connectivity index (χ3v) is 14.9. The summed E-state index contributed by atoms with van der Waals surface area (Å²) in [6, 6.07) is 88.3. The Morgan fingerprint density at radius 2 is 0.636 bits per heavy atom. The van der Waals surface area contributed by atoms with E-state index in [4.69, 9.17) is 0 Å². The molecule has 10 aromatic carbocycles. The summed E-state index contributed by atoms with van der Waals surface area (Å²) in [5.41, 5.74) is 25.7. The number of rotatable bonds is 7. The summed E-state index contributed by atoms with van der Waals surface area (Å²) in [5.74, 6) is 0.0258. The van der Waals surface area contributed by atoms with Crippen LogP contribution in [0.25, 0.3) is 66.8 Å². The van der Waals surface area contributed by atoms with Crippen molar-refractivity contribution in [3.63, 3.8) is 0 Å². The molecule has 0 aliphatic heterocycles. The van der Waals surface area contributed by atoms with E-state index in [-0.39, 0.29) is 17.3 Å². The molecule has 66 heavy (non-hydrogen) atoms. The van der Waals surface area contributed by atoms with E-state index in [9.17, 15) is 0 Å². The van der Waals surface area contributed by atoms with Gasteiger partial charge in [0.25, 0.3) is 0 Å². The van der Waals surface area contributed by atoms with Crippen LogP contribution >= 0.6 is 15.9 Å². The van der Waals surface area contributed by atoms with Gasteiger partial charge >= 0.3 is 0 Å². The lowest BCUT2D eigenvalue weighted by Gasteiger charge is -2.37. The first-order chi connectivity index (χ1) is 32.4. The first-order valence-electron chi connectivity index (χ1n) is 23.1.